The number of carbonyl (C=O) groups excluding carboxylic acids is 1. The van der Waals surface area contributed by atoms with Crippen LogP contribution in [-0.2, 0) is 23.2 Å². The number of thiazole rings is 1. The number of H-pyrrole nitrogens is 1. The first-order valence-electron chi connectivity index (χ1n) is 9.17. The second kappa shape index (κ2) is 7.60. The number of amides is 1. The lowest BCUT2D eigenvalue weighted by molar-refractivity contribution is -0.131. The van der Waals surface area contributed by atoms with Crippen molar-refractivity contribution in [3.8, 4) is 0 Å². The lowest BCUT2D eigenvalue weighted by Crippen LogP contribution is -2.40. The highest BCUT2D eigenvalue weighted by atomic mass is 32.1. The van der Waals surface area contributed by atoms with Crippen molar-refractivity contribution in [3.63, 3.8) is 0 Å². The molecule has 1 aliphatic heterocycles. The van der Waals surface area contributed by atoms with E-state index < -0.39 is 0 Å². The van der Waals surface area contributed by atoms with E-state index in [1.807, 2.05) is 14.8 Å². The molecule has 1 N–H and O–H groups in total. The Morgan fingerprint density at radius 1 is 1.46 bits per heavy atom. The van der Waals surface area contributed by atoms with E-state index in [0.717, 1.165) is 42.5 Å². The summed E-state index contributed by atoms with van der Waals surface area (Å²) in [6.45, 7) is 10.8. The topological polar surface area (TPSA) is 66.8 Å². The molecule has 6 nitrogen and oxygen atoms in total. The maximum atomic E-state index is 12.8. The SMILES string of the molecule is CCn1c(C2CCCN(C(=O)Cc3csc(C(C)(C)C)n3)C2)n[nH]c1=S. The van der Waals surface area contributed by atoms with Gasteiger partial charge >= 0.3 is 0 Å². The molecule has 1 saturated heterocycles. The number of hydrogen-bond acceptors (Lipinski definition) is 5. The molecule has 2 aromatic rings. The average molecular weight is 394 g/mol. The maximum absolute atomic E-state index is 12.8. The number of nitrogens with zero attached hydrogens (tertiary/aromatic N) is 4. The summed E-state index contributed by atoms with van der Waals surface area (Å²) in [5, 5.41) is 10.4. The van der Waals surface area contributed by atoms with Crippen molar-refractivity contribution in [2.75, 3.05) is 13.1 Å². The van der Waals surface area contributed by atoms with Crippen LogP contribution in [0.3, 0.4) is 0 Å². The molecular weight excluding hydrogens is 366 g/mol. The van der Waals surface area contributed by atoms with E-state index in [1.54, 1.807) is 11.3 Å². The van der Waals surface area contributed by atoms with Crippen molar-refractivity contribution < 1.29 is 4.79 Å². The van der Waals surface area contributed by atoms with E-state index in [-0.39, 0.29) is 17.2 Å². The molecule has 0 saturated carbocycles. The molecule has 2 aromatic heterocycles. The van der Waals surface area contributed by atoms with E-state index >= 15 is 0 Å². The molecule has 1 atom stereocenters. The van der Waals surface area contributed by atoms with E-state index in [0.29, 0.717) is 17.7 Å². The number of nitrogens with one attached hydrogen (secondary N) is 1. The Hall–Kier alpha value is -1.54. The van der Waals surface area contributed by atoms with E-state index in [4.69, 9.17) is 12.2 Å². The van der Waals surface area contributed by atoms with Crippen LogP contribution in [0.4, 0.5) is 0 Å². The van der Waals surface area contributed by atoms with Gasteiger partial charge in [-0.05, 0) is 32.0 Å². The van der Waals surface area contributed by atoms with Crippen molar-refractivity contribution in [1.29, 1.82) is 0 Å². The largest absolute Gasteiger partial charge is 0.342 e. The van der Waals surface area contributed by atoms with Crippen LogP contribution in [0.15, 0.2) is 5.38 Å². The molecule has 26 heavy (non-hydrogen) atoms. The third kappa shape index (κ3) is 4.06. The molecule has 3 rings (SSSR count). The Balaban J connectivity index is 1.68. The number of aromatic nitrogens is 4. The predicted octanol–water partition coefficient (Wildman–Crippen LogP) is 3.66. The molecule has 142 valence electrons. The zero-order chi connectivity index (χ0) is 18.9. The Labute approximate surface area is 163 Å². The highest BCUT2D eigenvalue weighted by molar-refractivity contribution is 7.71. The van der Waals surface area contributed by atoms with Crippen LogP contribution in [0.25, 0.3) is 0 Å². The summed E-state index contributed by atoms with van der Waals surface area (Å²) in [7, 11) is 0. The molecule has 8 heteroatoms. The van der Waals surface area contributed by atoms with Gasteiger partial charge < -0.3 is 9.47 Å². The highest BCUT2D eigenvalue weighted by Gasteiger charge is 2.28. The molecule has 0 spiro atoms. The first-order valence-corrected chi connectivity index (χ1v) is 10.5. The molecule has 0 aliphatic carbocycles. The summed E-state index contributed by atoms with van der Waals surface area (Å²) in [5.41, 5.74) is 0.904. The van der Waals surface area contributed by atoms with Gasteiger partial charge in [-0.3, -0.25) is 9.89 Å². The number of carbonyl (C=O) groups is 1. The summed E-state index contributed by atoms with van der Waals surface area (Å²) < 4.78 is 2.69. The third-order valence-corrected chi connectivity index (χ3v) is 6.40. The minimum Gasteiger partial charge on any atom is -0.342 e. The Bertz CT molecular complexity index is 829. The summed E-state index contributed by atoms with van der Waals surface area (Å²) in [6, 6.07) is 0. The Kier molecular flexibility index (Phi) is 5.62. The van der Waals surface area contributed by atoms with Gasteiger partial charge in [-0.25, -0.2) is 4.98 Å². The van der Waals surface area contributed by atoms with Gasteiger partial charge in [0.1, 0.15) is 5.82 Å². The van der Waals surface area contributed by atoms with Crippen molar-refractivity contribution in [1.82, 2.24) is 24.6 Å². The minimum atomic E-state index is 0.0256. The van der Waals surface area contributed by atoms with Crippen LogP contribution in [0.5, 0.6) is 0 Å². The van der Waals surface area contributed by atoms with E-state index in [1.165, 1.54) is 0 Å². The van der Waals surface area contributed by atoms with Gasteiger partial charge in [0.2, 0.25) is 5.91 Å². The Morgan fingerprint density at radius 2 is 2.23 bits per heavy atom. The summed E-state index contributed by atoms with van der Waals surface area (Å²) >= 11 is 6.94. The van der Waals surface area contributed by atoms with Gasteiger partial charge in [0, 0.05) is 36.3 Å². The monoisotopic (exact) mass is 393 g/mol. The number of aromatic amines is 1. The van der Waals surface area contributed by atoms with Gasteiger partial charge in [0.05, 0.1) is 17.1 Å². The molecule has 1 amide bonds. The molecule has 0 bridgehead atoms. The lowest BCUT2D eigenvalue weighted by atomic mass is 9.96. The molecular formula is C18H27N5OS2. The molecule has 0 radical (unpaired) electrons. The Morgan fingerprint density at radius 3 is 2.88 bits per heavy atom. The maximum Gasteiger partial charge on any atom is 0.228 e. The lowest BCUT2D eigenvalue weighted by Gasteiger charge is -2.32. The fraction of sp³-hybridized carbons (Fsp3) is 0.667. The molecule has 0 aromatic carbocycles. The van der Waals surface area contributed by atoms with Crippen molar-refractivity contribution >= 4 is 29.5 Å². The van der Waals surface area contributed by atoms with Gasteiger partial charge in [-0.15, -0.1) is 11.3 Å². The molecule has 1 unspecified atom stereocenters. The van der Waals surface area contributed by atoms with Crippen molar-refractivity contribution in [3.05, 3.63) is 26.7 Å². The van der Waals surface area contributed by atoms with Crippen molar-refractivity contribution in [2.45, 2.75) is 64.8 Å². The quantitative estimate of drug-likeness (QED) is 0.805. The number of hydrogen-bond donors (Lipinski definition) is 1. The van der Waals surface area contributed by atoms with Crippen LogP contribution >= 0.6 is 23.6 Å². The second-order valence-corrected chi connectivity index (χ2v) is 9.13. The van der Waals surface area contributed by atoms with E-state index in [9.17, 15) is 4.79 Å². The number of rotatable bonds is 4. The smallest absolute Gasteiger partial charge is 0.228 e. The minimum absolute atomic E-state index is 0.0256. The first kappa shape index (κ1) is 19.2. The predicted molar refractivity (Wildman–Crippen MR) is 106 cm³/mol. The highest BCUT2D eigenvalue weighted by Crippen LogP contribution is 2.28. The van der Waals surface area contributed by atoms with Gasteiger partial charge in [0.15, 0.2) is 4.77 Å². The zero-order valence-corrected chi connectivity index (χ0v) is 17.5. The normalized spacial score (nSPS) is 18.3. The fourth-order valence-electron chi connectivity index (χ4n) is 3.36. The average Bonchev–Trinajstić information content (AvgIpc) is 3.21. The summed E-state index contributed by atoms with van der Waals surface area (Å²) in [4.78, 5) is 19.4. The molecule has 3 heterocycles. The van der Waals surface area contributed by atoms with E-state index in [2.05, 4.69) is 42.9 Å². The van der Waals surface area contributed by atoms with Crippen LogP contribution in [0.1, 0.15) is 63.0 Å². The summed E-state index contributed by atoms with van der Waals surface area (Å²) in [6.07, 6.45) is 2.40. The molecule has 1 aliphatic rings. The van der Waals surface area contributed by atoms with Gasteiger partial charge in [-0.2, -0.15) is 5.10 Å². The number of piperidine rings is 1. The zero-order valence-electron chi connectivity index (χ0n) is 15.9. The second-order valence-electron chi connectivity index (χ2n) is 7.88. The standard InChI is InChI=1S/C18H27N5OS2/c1-5-23-15(20-21-17(23)25)12-7-6-8-22(10-12)14(24)9-13-11-26-16(19-13)18(2,3)4/h11-12H,5-10H2,1-4H3,(H,21,25). The van der Waals surface area contributed by atoms with Crippen LogP contribution in [0, 0.1) is 4.77 Å². The van der Waals surface area contributed by atoms with Gasteiger partial charge in [-0.1, -0.05) is 20.8 Å². The van der Waals surface area contributed by atoms with Crippen molar-refractivity contribution in [2.24, 2.45) is 0 Å². The third-order valence-electron chi connectivity index (χ3n) is 4.77. The summed E-state index contributed by atoms with van der Waals surface area (Å²) in [5.74, 6) is 1.36. The fourth-order valence-corrected chi connectivity index (χ4v) is 4.54. The molecule has 1 fully saturated rings. The van der Waals surface area contributed by atoms with Gasteiger partial charge in [0.25, 0.3) is 0 Å². The van der Waals surface area contributed by atoms with Crippen LogP contribution < -0.4 is 0 Å². The van der Waals surface area contributed by atoms with Crippen LogP contribution in [0.2, 0.25) is 0 Å². The number of likely N-dealkylation sites (tertiary alicyclic amines) is 1. The first-order chi connectivity index (χ1) is 12.3. The van der Waals surface area contributed by atoms with Crippen LogP contribution in [-0.4, -0.2) is 43.6 Å².